The number of aromatic amines is 1. The predicted octanol–water partition coefficient (Wildman–Crippen LogP) is 3.27. The van der Waals surface area contributed by atoms with Crippen molar-refractivity contribution in [2.45, 2.75) is 6.61 Å². The van der Waals surface area contributed by atoms with Crippen LogP contribution in [0.25, 0.3) is 28.0 Å². The number of para-hydroxylation sites is 1. The van der Waals surface area contributed by atoms with Crippen LogP contribution in [0.1, 0.15) is 0 Å². The normalized spacial score (nSPS) is 14.8. The Morgan fingerprint density at radius 2 is 1.79 bits per heavy atom. The summed E-state index contributed by atoms with van der Waals surface area (Å²) in [6.07, 6.45) is 0. The number of hydrogen-bond acceptors (Lipinski definition) is 6. The van der Waals surface area contributed by atoms with Crippen LogP contribution in [-0.2, 0) is 0 Å². The third-order valence-corrected chi connectivity index (χ3v) is 5.83. The van der Waals surface area contributed by atoms with Crippen LogP contribution in [-0.4, -0.2) is 64.7 Å². The molecule has 11 heteroatoms. The lowest BCUT2D eigenvalue weighted by atomic mass is 10.1. The zero-order valence-electron chi connectivity index (χ0n) is 18.2. The number of hydrogen-bond donors (Lipinski definition) is 1. The Balaban J connectivity index is 1.55. The van der Waals surface area contributed by atoms with Gasteiger partial charge in [-0.25, -0.2) is 4.39 Å². The highest BCUT2D eigenvalue weighted by Crippen LogP contribution is 2.29. The van der Waals surface area contributed by atoms with Crippen LogP contribution >= 0.6 is 0 Å². The van der Waals surface area contributed by atoms with Gasteiger partial charge in [0.2, 0.25) is 0 Å². The summed E-state index contributed by atoms with van der Waals surface area (Å²) in [5.74, 6) is -1.42. The highest BCUT2D eigenvalue weighted by atomic mass is 19.3. The summed E-state index contributed by atoms with van der Waals surface area (Å²) >= 11 is 0. The molecule has 0 bridgehead atoms. The van der Waals surface area contributed by atoms with Crippen molar-refractivity contribution in [3.8, 4) is 22.7 Å². The first-order chi connectivity index (χ1) is 16.4. The number of halogens is 3. The molecule has 3 heterocycles. The lowest BCUT2D eigenvalue weighted by Crippen LogP contribution is -2.44. The first-order valence-electron chi connectivity index (χ1n) is 10.7. The zero-order chi connectivity index (χ0) is 23.8. The van der Waals surface area contributed by atoms with Gasteiger partial charge < -0.3 is 14.5 Å². The van der Waals surface area contributed by atoms with Gasteiger partial charge in [0, 0.05) is 43.5 Å². The van der Waals surface area contributed by atoms with Gasteiger partial charge in [0.05, 0.1) is 5.52 Å². The van der Waals surface area contributed by atoms with E-state index in [4.69, 9.17) is 0 Å². The Kier molecular flexibility index (Phi) is 5.70. The highest BCUT2D eigenvalue weighted by Gasteiger charge is 2.20. The second kappa shape index (κ2) is 8.82. The zero-order valence-corrected chi connectivity index (χ0v) is 18.2. The number of rotatable bonds is 5. The SMILES string of the molecule is CN1CCN(c2ccc(-c3n[nH]c4cc(=O)n(-c5c(F)cccc5OC(F)F)nc34)cc2)CC1. The van der Waals surface area contributed by atoms with Crippen LogP contribution in [0, 0.1) is 5.82 Å². The maximum atomic E-state index is 14.6. The molecular formula is C23H21F3N6O2. The summed E-state index contributed by atoms with van der Waals surface area (Å²) in [7, 11) is 2.10. The molecule has 4 aromatic rings. The Hall–Kier alpha value is -3.86. The summed E-state index contributed by atoms with van der Waals surface area (Å²) < 4.78 is 45.4. The fourth-order valence-corrected chi connectivity index (χ4v) is 4.03. The number of likely N-dealkylation sites (N-methyl/N-ethyl adjacent to an activating group) is 1. The number of ether oxygens (including phenoxy) is 1. The lowest BCUT2D eigenvalue weighted by molar-refractivity contribution is -0.0500. The van der Waals surface area contributed by atoms with Crippen molar-refractivity contribution in [2.24, 2.45) is 0 Å². The first-order valence-corrected chi connectivity index (χ1v) is 10.7. The molecule has 0 saturated carbocycles. The van der Waals surface area contributed by atoms with Crippen LogP contribution in [0.2, 0.25) is 0 Å². The molecular weight excluding hydrogens is 449 g/mol. The van der Waals surface area contributed by atoms with E-state index >= 15 is 0 Å². The van der Waals surface area contributed by atoms with Crippen molar-refractivity contribution in [3.05, 3.63) is 64.7 Å². The van der Waals surface area contributed by atoms with Crippen LogP contribution in [0.15, 0.2) is 53.3 Å². The summed E-state index contributed by atoms with van der Waals surface area (Å²) in [5.41, 5.74) is 1.68. The molecule has 34 heavy (non-hydrogen) atoms. The van der Waals surface area contributed by atoms with Gasteiger partial charge in [-0.2, -0.15) is 23.7 Å². The Bertz CT molecular complexity index is 1380. The minimum atomic E-state index is -3.19. The standard InChI is InChI=1S/C23H21F3N6O2/c1-30-9-11-31(12-10-30)15-7-5-14(6-8-15)20-21-17(27-28-20)13-19(33)32(29-21)22-16(24)3-2-4-18(22)34-23(25)26/h2-8,13,23,27H,9-12H2,1H3. The minimum absolute atomic E-state index is 0.290. The van der Waals surface area contributed by atoms with Crippen molar-refractivity contribution in [2.75, 3.05) is 38.1 Å². The molecule has 1 aliphatic heterocycles. The van der Waals surface area contributed by atoms with Crippen molar-refractivity contribution in [3.63, 3.8) is 0 Å². The molecule has 1 fully saturated rings. The van der Waals surface area contributed by atoms with E-state index in [1.54, 1.807) is 0 Å². The second-order valence-corrected chi connectivity index (χ2v) is 8.03. The molecule has 0 unspecified atom stereocenters. The van der Waals surface area contributed by atoms with E-state index in [0.29, 0.717) is 15.9 Å². The molecule has 0 atom stereocenters. The Morgan fingerprint density at radius 3 is 2.50 bits per heavy atom. The maximum Gasteiger partial charge on any atom is 0.387 e. The molecule has 1 aliphatic rings. The van der Waals surface area contributed by atoms with Crippen molar-refractivity contribution >= 4 is 16.7 Å². The Morgan fingerprint density at radius 1 is 1.06 bits per heavy atom. The van der Waals surface area contributed by atoms with Gasteiger partial charge in [-0.15, -0.1) is 0 Å². The van der Waals surface area contributed by atoms with Crippen LogP contribution in [0.3, 0.4) is 0 Å². The fourth-order valence-electron chi connectivity index (χ4n) is 4.03. The van der Waals surface area contributed by atoms with E-state index in [0.717, 1.165) is 49.6 Å². The summed E-state index contributed by atoms with van der Waals surface area (Å²) in [6, 6.07) is 12.4. The maximum absolute atomic E-state index is 14.6. The van der Waals surface area contributed by atoms with Crippen LogP contribution in [0.5, 0.6) is 5.75 Å². The second-order valence-electron chi connectivity index (χ2n) is 8.03. The molecule has 1 saturated heterocycles. The molecule has 0 amide bonds. The molecule has 0 aliphatic carbocycles. The molecule has 8 nitrogen and oxygen atoms in total. The monoisotopic (exact) mass is 470 g/mol. The van der Waals surface area contributed by atoms with Gasteiger partial charge in [-0.3, -0.25) is 9.89 Å². The predicted molar refractivity (Wildman–Crippen MR) is 121 cm³/mol. The molecule has 0 radical (unpaired) electrons. The number of aromatic nitrogens is 4. The largest absolute Gasteiger partial charge is 0.432 e. The average molecular weight is 470 g/mol. The number of H-pyrrole nitrogens is 1. The topological polar surface area (TPSA) is 79.3 Å². The van der Waals surface area contributed by atoms with E-state index in [1.165, 1.54) is 12.1 Å². The molecule has 5 rings (SSSR count). The molecule has 176 valence electrons. The number of piperazine rings is 1. The quantitative estimate of drug-likeness (QED) is 0.483. The van der Waals surface area contributed by atoms with Crippen LogP contribution in [0.4, 0.5) is 18.9 Å². The fraction of sp³-hybridized carbons (Fsp3) is 0.261. The number of fused-ring (bicyclic) bond motifs is 1. The number of nitrogens with one attached hydrogen (secondary N) is 1. The number of anilines is 1. The van der Waals surface area contributed by atoms with E-state index in [9.17, 15) is 18.0 Å². The van der Waals surface area contributed by atoms with Crippen molar-refractivity contribution in [1.29, 1.82) is 0 Å². The minimum Gasteiger partial charge on any atom is -0.432 e. The van der Waals surface area contributed by atoms with Gasteiger partial charge in [0.1, 0.15) is 16.9 Å². The molecule has 0 spiro atoms. The summed E-state index contributed by atoms with van der Waals surface area (Å²) in [4.78, 5) is 17.2. The summed E-state index contributed by atoms with van der Waals surface area (Å²) in [5, 5.41) is 11.3. The third-order valence-electron chi connectivity index (χ3n) is 5.83. The van der Waals surface area contributed by atoms with Gasteiger partial charge in [0.25, 0.3) is 5.56 Å². The summed E-state index contributed by atoms with van der Waals surface area (Å²) in [6.45, 7) is 0.644. The van der Waals surface area contributed by atoms with Gasteiger partial charge >= 0.3 is 6.61 Å². The van der Waals surface area contributed by atoms with Crippen molar-refractivity contribution in [1.82, 2.24) is 24.9 Å². The van der Waals surface area contributed by atoms with Gasteiger partial charge in [0.15, 0.2) is 11.6 Å². The van der Waals surface area contributed by atoms with E-state index < -0.39 is 29.4 Å². The number of benzene rings is 2. The first kappa shape index (κ1) is 22.0. The van der Waals surface area contributed by atoms with Crippen LogP contribution < -0.4 is 15.2 Å². The Labute approximate surface area is 192 Å². The van der Waals surface area contributed by atoms with Gasteiger partial charge in [-0.05, 0) is 31.3 Å². The van der Waals surface area contributed by atoms with E-state index in [-0.39, 0.29) is 5.52 Å². The average Bonchev–Trinajstić information content (AvgIpc) is 3.22. The molecule has 2 aromatic heterocycles. The lowest BCUT2D eigenvalue weighted by Gasteiger charge is -2.34. The van der Waals surface area contributed by atoms with Crippen molar-refractivity contribution < 1.29 is 17.9 Å². The molecule has 2 aromatic carbocycles. The number of nitrogens with zero attached hydrogens (tertiary/aromatic N) is 5. The van der Waals surface area contributed by atoms with E-state index in [2.05, 4.69) is 36.9 Å². The van der Waals surface area contributed by atoms with E-state index in [1.807, 2.05) is 24.3 Å². The smallest absolute Gasteiger partial charge is 0.387 e. The number of alkyl halides is 2. The van der Waals surface area contributed by atoms with Gasteiger partial charge in [-0.1, -0.05) is 18.2 Å². The highest BCUT2D eigenvalue weighted by molar-refractivity contribution is 5.89. The third kappa shape index (κ3) is 4.10. The molecule has 1 N–H and O–H groups in total.